The summed E-state index contributed by atoms with van der Waals surface area (Å²) in [6.07, 6.45) is 0.628. The molecule has 24 heavy (non-hydrogen) atoms. The maximum Gasteiger partial charge on any atom is 0.321 e. The van der Waals surface area contributed by atoms with Crippen molar-refractivity contribution in [1.29, 1.82) is 0 Å². The summed E-state index contributed by atoms with van der Waals surface area (Å²) in [6.45, 7) is 2.88. The Hall–Kier alpha value is -3.02. The molecule has 2 aromatic carbocycles. The van der Waals surface area contributed by atoms with Crippen molar-refractivity contribution in [3.8, 4) is 5.75 Å². The average molecular weight is 327 g/mol. The Labute approximate surface area is 141 Å². The first kappa shape index (κ1) is 17.3. The number of nitrogen functional groups attached to an aromatic ring is 1. The van der Waals surface area contributed by atoms with E-state index in [1.54, 1.807) is 24.3 Å². The van der Waals surface area contributed by atoms with Crippen LogP contribution in [0.2, 0.25) is 0 Å². The predicted octanol–water partition coefficient (Wildman–Crippen LogP) is 2.49. The van der Waals surface area contributed by atoms with E-state index in [1.807, 2.05) is 31.2 Å². The van der Waals surface area contributed by atoms with Crippen LogP contribution in [0.25, 0.3) is 0 Å². The van der Waals surface area contributed by atoms with Gasteiger partial charge in [-0.25, -0.2) is 4.79 Å². The molecule has 3 amide bonds. The van der Waals surface area contributed by atoms with Crippen molar-refractivity contribution in [2.75, 3.05) is 18.9 Å². The van der Waals surface area contributed by atoms with Gasteiger partial charge in [-0.05, 0) is 37.6 Å². The number of aryl methyl sites for hydroxylation is 1. The molecule has 126 valence electrons. The number of ether oxygens (including phenoxy) is 1. The first-order valence-electron chi connectivity index (χ1n) is 7.69. The van der Waals surface area contributed by atoms with Crippen LogP contribution in [0.3, 0.4) is 0 Å². The second-order valence-corrected chi connectivity index (χ2v) is 5.31. The largest absolute Gasteiger partial charge is 0.494 e. The minimum atomic E-state index is -0.557. The molecule has 0 aliphatic rings. The van der Waals surface area contributed by atoms with Gasteiger partial charge in [0.05, 0.1) is 12.2 Å². The molecule has 0 radical (unpaired) electrons. The van der Waals surface area contributed by atoms with Crippen molar-refractivity contribution in [3.05, 3.63) is 59.7 Å². The highest BCUT2D eigenvalue weighted by atomic mass is 16.5. The van der Waals surface area contributed by atoms with Crippen molar-refractivity contribution in [2.45, 2.75) is 13.3 Å². The minimum absolute atomic E-state index is 0.273. The fraction of sp³-hybridized carbons (Fsp3) is 0.222. The maximum atomic E-state index is 11.9. The van der Waals surface area contributed by atoms with Crippen molar-refractivity contribution < 1.29 is 14.3 Å². The molecule has 6 nitrogen and oxygen atoms in total. The van der Waals surface area contributed by atoms with Crippen molar-refractivity contribution >= 4 is 17.6 Å². The normalized spacial score (nSPS) is 10.0. The molecule has 2 aromatic rings. The number of para-hydroxylation sites is 1. The molecule has 0 saturated heterocycles. The summed E-state index contributed by atoms with van der Waals surface area (Å²) in [4.78, 5) is 23.6. The summed E-state index contributed by atoms with van der Waals surface area (Å²) in [5.41, 5.74) is 7.46. The molecule has 0 fully saturated rings. The van der Waals surface area contributed by atoms with Gasteiger partial charge in [0.1, 0.15) is 5.75 Å². The standard InChI is InChI=1S/C18H21N3O3/c1-13-7-9-14(10-8-13)24-12-4-11-20-18(23)21-17(22)15-5-2-3-6-16(15)19/h2-3,5-10H,4,11-12,19H2,1H3,(H2,20,21,22,23). The average Bonchev–Trinajstić information content (AvgIpc) is 2.56. The number of hydrogen-bond acceptors (Lipinski definition) is 4. The molecule has 0 aliphatic heterocycles. The van der Waals surface area contributed by atoms with E-state index in [-0.39, 0.29) is 5.56 Å². The second-order valence-electron chi connectivity index (χ2n) is 5.31. The predicted molar refractivity (Wildman–Crippen MR) is 93.0 cm³/mol. The number of urea groups is 1. The van der Waals surface area contributed by atoms with Crippen LogP contribution in [0.4, 0.5) is 10.5 Å². The summed E-state index contributed by atoms with van der Waals surface area (Å²) in [7, 11) is 0. The molecule has 0 atom stereocenters. The molecule has 6 heteroatoms. The third kappa shape index (κ3) is 5.31. The van der Waals surface area contributed by atoms with E-state index in [1.165, 1.54) is 5.56 Å². The molecular weight excluding hydrogens is 306 g/mol. The van der Waals surface area contributed by atoms with E-state index in [0.29, 0.717) is 25.3 Å². The van der Waals surface area contributed by atoms with Gasteiger partial charge < -0.3 is 15.8 Å². The SMILES string of the molecule is Cc1ccc(OCCCNC(=O)NC(=O)c2ccccc2N)cc1. The maximum absolute atomic E-state index is 11.9. The third-order valence-electron chi connectivity index (χ3n) is 3.33. The molecule has 0 heterocycles. The molecule has 4 N–H and O–H groups in total. The van der Waals surface area contributed by atoms with Crippen LogP contribution in [0, 0.1) is 6.92 Å². The van der Waals surface area contributed by atoms with Crippen molar-refractivity contribution in [3.63, 3.8) is 0 Å². The second kappa shape index (κ2) is 8.57. The Morgan fingerprint density at radius 1 is 1.08 bits per heavy atom. The molecule has 0 aromatic heterocycles. The highest BCUT2D eigenvalue weighted by molar-refractivity contribution is 6.07. The van der Waals surface area contributed by atoms with E-state index in [4.69, 9.17) is 10.5 Å². The number of rotatable bonds is 6. The molecule has 2 rings (SSSR count). The lowest BCUT2D eigenvalue weighted by molar-refractivity contribution is 0.0965. The first-order valence-corrected chi connectivity index (χ1v) is 7.69. The lowest BCUT2D eigenvalue weighted by atomic mass is 10.2. The lowest BCUT2D eigenvalue weighted by Crippen LogP contribution is -2.40. The number of anilines is 1. The Bertz CT molecular complexity index is 699. The van der Waals surface area contributed by atoms with Crippen LogP contribution in [0.15, 0.2) is 48.5 Å². The van der Waals surface area contributed by atoms with Crippen LogP contribution < -0.4 is 21.1 Å². The van der Waals surface area contributed by atoms with Gasteiger partial charge in [-0.3, -0.25) is 10.1 Å². The zero-order valence-corrected chi connectivity index (χ0v) is 13.5. The molecule has 0 aliphatic carbocycles. The van der Waals surface area contributed by atoms with Gasteiger partial charge in [0.2, 0.25) is 0 Å². The van der Waals surface area contributed by atoms with Crippen molar-refractivity contribution in [2.24, 2.45) is 0 Å². The van der Waals surface area contributed by atoms with E-state index < -0.39 is 11.9 Å². The van der Waals surface area contributed by atoms with Gasteiger partial charge in [0, 0.05) is 12.2 Å². The number of hydrogen-bond donors (Lipinski definition) is 3. The van der Waals surface area contributed by atoms with Gasteiger partial charge in [-0.1, -0.05) is 29.8 Å². The van der Waals surface area contributed by atoms with Crippen LogP contribution in [-0.2, 0) is 0 Å². The number of amides is 3. The third-order valence-corrected chi connectivity index (χ3v) is 3.33. The summed E-state index contributed by atoms with van der Waals surface area (Å²) >= 11 is 0. The van der Waals surface area contributed by atoms with E-state index in [9.17, 15) is 9.59 Å². The van der Waals surface area contributed by atoms with E-state index in [0.717, 1.165) is 5.75 Å². The zero-order chi connectivity index (χ0) is 17.4. The smallest absolute Gasteiger partial charge is 0.321 e. The van der Waals surface area contributed by atoms with Crippen LogP contribution in [0.1, 0.15) is 22.3 Å². The molecular formula is C18H21N3O3. The van der Waals surface area contributed by atoms with E-state index in [2.05, 4.69) is 10.6 Å². The lowest BCUT2D eigenvalue weighted by Gasteiger charge is -2.09. The van der Waals surface area contributed by atoms with Gasteiger partial charge >= 0.3 is 6.03 Å². The molecule has 0 unspecified atom stereocenters. The van der Waals surface area contributed by atoms with Crippen molar-refractivity contribution in [1.82, 2.24) is 10.6 Å². The summed E-state index contributed by atoms with van der Waals surface area (Å²) in [6, 6.07) is 13.8. The van der Waals surface area contributed by atoms with Gasteiger partial charge in [-0.15, -0.1) is 0 Å². The number of carbonyl (C=O) groups is 2. The van der Waals surface area contributed by atoms with E-state index >= 15 is 0 Å². The topological polar surface area (TPSA) is 93.5 Å². The van der Waals surface area contributed by atoms with Gasteiger partial charge in [-0.2, -0.15) is 0 Å². The number of imide groups is 1. The van der Waals surface area contributed by atoms with Gasteiger partial charge in [0.25, 0.3) is 5.91 Å². The number of carbonyl (C=O) groups excluding carboxylic acids is 2. The molecule has 0 spiro atoms. The fourth-order valence-corrected chi connectivity index (χ4v) is 2.02. The Kier molecular flexibility index (Phi) is 6.19. The Morgan fingerprint density at radius 2 is 1.79 bits per heavy atom. The number of nitrogens with two attached hydrogens (primary N) is 1. The summed E-state index contributed by atoms with van der Waals surface area (Å²) in [5.74, 6) is 0.265. The quantitative estimate of drug-likeness (QED) is 0.561. The van der Waals surface area contributed by atoms with Gasteiger partial charge in [0.15, 0.2) is 0 Å². The summed E-state index contributed by atoms with van der Waals surface area (Å²) < 4.78 is 5.55. The van der Waals surface area contributed by atoms with Crippen LogP contribution >= 0.6 is 0 Å². The number of nitrogens with one attached hydrogen (secondary N) is 2. The zero-order valence-electron chi connectivity index (χ0n) is 13.5. The van der Waals surface area contributed by atoms with Crippen LogP contribution in [-0.4, -0.2) is 25.1 Å². The Balaban J connectivity index is 1.65. The number of benzene rings is 2. The highest BCUT2D eigenvalue weighted by Crippen LogP contribution is 2.11. The molecule has 0 bridgehead atoms. The first-order chi connectivity index (χ1) is 11.6. The highest BCUT2D eigenvalue weighted by Gasteiger charge is 2.11. The molecule has 0 saturated carbocycles. The minimum Gasteiger partial charge on any atom is -0.494 e. The fourth-order valence-electron chi connectivity index (χ4n) is 2.02. The monoisotopic (exact) mass is 327 g/mol. The van der Waals surface area contributed by atoms with Crippen LogP contribution in [0.5, 0.6) is 5.75 Å². The summed E-state index contributed by atoms with van der Waals surface area (Å²) in [5, 5.41) is 4.85. The Morgan fingerprint density at radius 3 is 2.50 bits per heavy atom.